The Morgan fingerprint density at radius 2 is 2.28 bits per heavy atom. The van der Waals surface area contributed by atoms with Gasteiger partial charge in [-0.3, -0.25) is 4.90 Å². The maximum atomic E-state index is 9.21. The molecular weight excluding hydrogens is 226 g/mol. The van der Waals surface area contributed by atoms with E-state index < -0.39 is 5.54 Å². The van der Waals surface area contributed by atoms with Crippen LogP contribution in [-0.2, 0) is 4.74 Å². The first kappa shape index (κ1) is 13.8. The van der Waals surface area contributed by atoms with Crippen molar-refractivity contribution in [2.45, 2.75) is 50.7 Å². The molecule has 1 aliphatic heterocycles. The molecular formula is C14H25N3O. The van der Waals surface area contributed by atoms with Crippen LogP contribution in [0.1, 0.15) is 39.5 Å². The summed E-state index contributed by atoms with van der Waals surface area (Å²) in [7, 11) is 0. The van der Waals surface area contributed by atoms with Gasteiger partial charge in [-0.2, -0.15) is 5.26 Å². The Morgan fingerprint density at radius 1 is 1.50 bits per heavy atom. The number of ether oxygens (including phenoxy) is 1. The van der Waals surface area contributed by atoms with Gasteiger partial charge in [0, 0.05) is 13.1 Å². The second-order valence-corrected chi connectivity index (χ2v) is 6.41. The molecule has 1 saturated carbocycles. The molecule has 0 aromatic heterocycles. The summed E-state index contributed by atoms with van der Waals surface area (Å²) in [6.07, 6.45) is 4.12. The van der Waals surface area contributed by atoms with Crippen molar-refractivity contribution in [3.63, 3.8) is 0 Å². The Bertz CT molecular complexity index is 336. The van der Waals surface area contributed by atoms with Crippen LogP contribution in [0.2, 0.25) is 0 Å². The second-order valence-electron chi connectivity index (χ2n) is 6.41. The standard InChI is InChI=1S/C14H25N3O/c1-13(2)11-17(8-9-18-13)7-5-12-4-3-6-14(12,16)10-15/h12H,3-9,11,16H2,1-2H3. The molecule has 0 amide bonds. The zero-order valence-electron chi connectivity index (χ0n) is 11.6. The van der Waals surface area contributed by atoms with E-state index in [0.29, 0.717) is 5.92 Å². The Hall–Kier alpha value is -0.630. The third kappa shape index (κ3) is 3.03. The van der Waals surface area contributed by atoms with E-state index in [1.807, 2.05) is 0 Å². The Balaban J connectivity index is 1.83. The molecule has 0 aromatic rings. The number of nitrogens with zero attached hydrogens (tertiary/aromatic N) is 2. The maximum Gasteiger partial charge on any atom is 0.107 e. The molecule has 0 radical (unpaired) electrons. The molecule has 2 atom stereocenters. The Labute approximate surface area is 110 Å². The molecule has 2 rings (SSSR count). The normalized spacial score (nSPS) is 36.4. The highest BCUT2D eigenvalue weighted by molar-refractivity contribution is 5.12. The number of nitrogens with two attached hydrogens (primary N) is 1. The fraction of sp³-hybridized carbons (Fsp3) is 0.929. The summed E-state index contributed by atoms with van der Waals surface area (Å²) in [4.78, 5) is 2.44. The van der Waals surface area contributed by atoms with E-state index in [1.54, 1.807) is 0 Å². The summed E-state index contributed by atoms with van der Waals surface area (Å²) in [6.45, 7) is 8.10. The first-order valence-electron chi connectivity index (χ1n) is 7.02. The van der Waals surface area contributed by atoms with E-state index in [0.717, 1.165) is 51.9 Å². The number of rotatable bonds is 3. The predicted molar refractivity (Wildman–Crippen MR) is 71.0 cm³/mol. The largest absolute Gasteiger partial charge is 0.373 e. The number of hydrogen-bond donors (Lipinski definition) is 1. The summed E-state index contributed by atoms with van der Waals surface area (Å²) in [5, 5.41) is 9.21. The zero-order chi connectivity index (χ0) is 13.2. The third-order valence-electron chi connectivity index (χ3n) is 4.38. The summed E-state index contributed by atoms with van der Waals surface area (Å²) < 4.78 is 5.71. The quantitative estimate of drug-likeness (QED) is 0.826. The van der Waals surface area contributed by atoms with Crippen molar-refractivity contribution in [3.05, 3.63) is 0 Å². The van der Waals surface area contributed by atoms with Crippen LogP contribution in [0.5, 0.6) is 0 Å². The summed E-state index contributed by atoms with van der Waals surface area (Å²) in [6, 6.07) is 2.33. The highest BCUT2D eigenvalue weighted by Crippen LogP contribution is 2.35. The van der Waals surface area contributed by atoms with E-state index in [4.69, 9.17) is 10.5 Å². The van der Waals surface area contributed by atoms with Crippen molar-refractivity contribution in [3.8, 4) is 6.07 Å². The van der Waals surface area contributed by atoms with Gasteiger partial charge in [-0.25, -0.2) is 0 Å². The second kappa shape index (κ2) is 5.16. The van der Waals surface area contributed by atoms with Crippen LogP contribution in [0, 0.1) is 17.2 Å². The first-order chi connectivity index (χ1) is 8.45. The van der Waals surface area contributed by atoms with Crippen LogP contribution in [0.4, 0.5) is 0 Å². The highest BCUT2D eigenvalue weighted by atomic mass is 16.5. The van der Waals surface area contributed by atoms with E-state index >= 15 is 0 Å². The highest BCUT2D eigenvalue weighted by Gasteiger charge is 2.39. The molecule has 1 aliphatic carbocycles. The fourth-order valence-corrected chi connectivity index (χ4v) is 3.30. The van der Waals surface area contributed by atoms with Crippen LogP contribution in [0.25, 0.3) is 0 Å². The number of morpholine rings is 1. The van der Waals surface area contributed by atoms with Gasteiger partial charge in [0.05, 0.1) is 18.3 Å². The van der Waals surface area contributed by atoms with E-state index in [-0.39, 0.29) is 5.60 Å². The molecule has 0 aromatic carbocycles. The van der Waals surface area contributed by atoms with Crippen molar-refractivity contribution in [2.75, 3.05) is 26.2 Å². The van der Waals surface area contributed by atoms with Gasteiger partial charge < -0.3 is 10.5 Å². The molecule has 1 heterocycles. The Morgan fingerprint density at radius 3 is 2.94 bits per heavy atom. The van der Waals surface area contributed by atoms with E-state index in [9.17, 15) is 5.26 Å². The monoisotopic (exact) mass is 251 g/mol. The van der Waals surface area contributed by atoms with Crippen LogP contribution in [-0.4, -0.2) is 42.3 Å². The van der Waals surface area contributed by atoms with Crippen LogP contribution in [0.3, 0.4) is 0 Å². The lowest BCUT2D eigenvalue weighted by Gasteiger charge is -2.39. The van der Waals surface area contributed by atoms with Crippen molar-refractivity contribution in [2.24, 2.45) is 11.7 Å². The van der Waals surface area contributed by atoms with Crippen molar-refractivity contribution in [1.29, 1.82) is 5.26 Å². The molecule has 102 valence electrons. The van der Waals surface area contributed by atoms with Gasteiger partial charge in [0.2, 0.25) is 0 Å². The van der Waals surface area contributed by atoms with Crippen LogP contribution in [0.15, 0.2) is 0 Å². The van der Waals surface area contributed by atoms with Gasteiger partial charge in [0.15, 0.2) is 0 Å². The van der Waals surface area contributed by atoms with Gasteiger partial charge in [-0.1, -0.05) is 6.42 Å². The van der Waals surface area contributed by atoms with Crippen LogP contribution < -0.4 is 5.73 Å². The van der Waals surface area contributed by atoms with Gasteiger partial charge in [0.1, 0.15) is 5.54 Å². The fourth-order valence-electron chi connectivity index (χ4n) is 3.30. The van der Waals surface area contributed by atoms with E-state index in [1.165, 1.54) is 0 Å². The molecule has 1 saturated heterocycles. The molecule has 4 heteroatoms. The maximum absolute atomic E-state index is 9.21. The number of nitriles is 1. The molecule has 0 bridgehead atoms. The lowest BCUT2D eigenvalue weighted by molar-refractivity contribution is -0.0869. The molecule has 0 spiro atoms. The minimum atomic E-state index is -0.568. The Kier molecular flexibility index (Phi) is 3.96. The minimum Gasteiger partial charge on any atom is -0.373 e. The molecule has 18 heavy (non-hydrogen) atoms. The SMILES string of the molecule is CC1(C)CN(CCC2CCCC2(N)C#N)CCO1. The molecule has 2 fully saturated rings. The average Bonchev–Trinajstić information content (AvgIpc) is 2.68. The van der Waals surface area contributed by atoms with Gasteiger partial charge in [-0.05, 0) is 45.6 Å². The summed E-state index contributed by atoms with van der Waals surface area (Å²) in [5.74, 6) is 0.369. The van der Waals surface area contributed by atoms with E-state index in [2.05, 4.69) is 24.8 Å². The van der Waals surface area contributed by atoms with Crippen molar-refractivity contribution < 1.29 is 4.74 Å². The predicted octanol–water partition coefficient (Wildman–Crippen LogP) is 1.51. The topological polar surface area (TPSA) is 62.3 Å². The van der Waals surface area contributed by atoms with Crippen molar-refractivity contribution in [1.82, 2.24) is 4.90 Å². The van der Waals surface area contributed by atoms with Gasteiger partial charge in [0.25, 0.3) is 0 Å². The molecule has 2 unspecified atom stereocenters. The summed E-state index contributed by atoms with van der Waals surface area (Å²) >= 11 is 0. The lowest BCUT2D eigenvalue weighted by atomic mass is 9.87. The van der Waals surface area contributed by atoms with Crippen molar-refractivity contribution >= 4 is 0 Å². The minimum absolute atomic E-state index is 0.0387. The third-order valence-corrected chi connectivity index (χ3v) is 4.38. The first-order valence-corrected chi connectivity index (χ1v) is 7.02. The summed E-state index contributed by atoms with van der Waals surface area (Å²) in [5.41, 5.74) is 5.56. The van der Waals surface area contributed by atoms with Crippen LogP contribution >= 0.6 is 0 Å². The molecule has 2 aliphatic rings. The van der Waals surface area contributed by atoms with Gasteiger partial charge >= 0.3 is 0 Å². The molecule has 2 N–H and O–H groups in total. The zero-order valence-corrected chi connectivity index (χ0v) is 11.6. The lowest BCUT2D eigenvalue weighted by Crippen LogP contribution is -2.49. The number of hydrogen-bond acceptors (Lipinski definition) is 4. The van der Waals surface area contributed by atoms with Gasteiger partial charge in [-0.15, -0.1) is 0 Å². The smallest absolute Gasteiger partial charge is 0.107 e. The molecule has 4 nitrogen and oxygen atoms in total. The average molecular weight is 251 g/mol.